The van der Waals surface area contributed by atoms with E-state index in [9.17, 15) is 4.79 Å². The molecule has 0 bridgehead atoms. The Hall–Kier alpha value is -2.63. The molecule has 0 fully saturated rings. The fraction of sp³-hybridized carbons (Fsp3) is 0.353. The number of fused-ring (bicyclic) bond motifs is 1. The highest BCUT2D eigenvalue weighted by atomic mass is 16.1. The molecule has 0 unspecified atom stereocenters. The minimum atomic E-state index is -0.151. The van der Waals surface area contributed by atoms with Gasteiger partial charge in [-0.1, -0.05) is 43.7 Å². The first kappa shape index (κ1) is 15.3. The number of H-pyrrole nitrogens is 1. The predicted octanol–water partition coefficient (Wildman–Crippen LogP) is 2.25. The molecule has 0 aliphatic heterocycles. The van der Waals surface area contributed by atoms with E-state index in [2.05, 4.69) is 34.1 Å². The molecular weight excluding hydrogens is 290 g/mol. The number of benzene rings is 1. The van der Waals surface area contributed by atoms with Crippen molar-refractivity contribution in [2.45, 2.75) is 26.3 Å². The number of hydrogen-bond acceptors (Lipinski definition) is 4. The fourth-order valence-electron chi connectivity index (χ4n) is 2.75. The molecule has 6 nitrogen and oxygen atoms in total. The fourth-order valence-corrected chi connectivity index (χ4v) is 2.75. The van der Waals surface area contributed by atoms with Crippen LogP contribution in [0.1, 0.15) is 24.6 Å². The van der Waals surface area contributed by atoms with Crippen LogP contribution >= 0.6 is 0 Å². The molecular formula is C17H21N5O. The van der Waals surface area contributed by atoms with E-state index in [4.69, 9.17) is 0 Å². The van der Waals surface area contributed by atoms with Crippen LogP contribution in [0.5, 0.6) is 0 Å². The topological polar surface area (TPSA) is 66.8 Å². The second-order valence-electron chi connectivity index (χ2n) is 5.75. The lowest BCUT2D eigenvalue weighted by Gasteiger charge is -2.17. The summed E-state index contributed by atoms with van der Waals surface area (Å²) >= 11 is 0. The van der Waals surface area contributed by atoms with E-state index in [0.717, 1.165) is 24.1 Å². The van der Waals surface area contributed by atoms with Gasteiger partial charge in [-0.3, -0.25) is 14.5 Å². The number of nitrogens with zero attached hydrogens (tertiary/aromatic N) is 4. The van der Waals surface area contributed by atoms with E-state index in [1.807, 2.05) is 30.1 Å². The standard InChI is InChI=1S/C17H21N5O/c1-4-8-13-14-15(22(3)20-13)16(23)19-17(18-14)21(2)11-12-9-6-5-7-10-12/h5-7,9-10H,4,8,11H2,1-3H3,(H,18,19,23). The summed E-state index contributed by atoms with van der Waals surface area (Å²) in [6, 6.07) is 10.1. The van der Waals surface area contributed by atoms with Crippen molar-refractivity contribution in [3.8, 4) is 0 Å². The third-order valence-electron chi connectivity index (χ3n) is 3.86. The lowest BCUT2D eigenvalue weighted by atomic mass is 10.2. The summed E-state index contributed by atoms with van der Waals surface area (Å²) in [6.07, 6.45) is 1.78. The van der Waals surface area contributed by atoms with Crippen molar-refractivity contribution in [2.75, 3.05) is 11.9 Å². The molecule has 3 rings (SSSR count). The van der Waals surface area contributed by atoms with E-state index < -0.39 is 0 Å². The quantitative estimate of drug-likeness (QED) is 0.785. The number of hydrogen-bond donors (Lipinski definition) is 1. The SMILES string of the molecule is CCCc1nn(C)c2c(=O)[nH]c(N(C)Cc3ccccc3)nc12. The number of nitrogens with one attached hydrogen (secondary N) is 1. The average Bonchev–Trinajstić information content (AvgIpc) is 2.85. The van der Waals surface area contributed by atoms with Gasteiger partial charge in [0.2, 0.25) is 5.95 Å². The molecule has 23 heavy (non-hydrogen) atoms. The summed E-state index contributed by atoms with van der Waals surface area (Å²) in [5.41, 5.74) is 3.13. The summed E-state index contributed by atoms with van der Waals surface area (Å²) in [5.74, 6) is 0.566. The van der Waals surface area contributed by atoms with Gasteiger partial charge in [0.25, 0.3) is 5.56 Å². The summed E-state index contributed by atoms with van der Waals surface area (Å²) in [6.45, 7) is 2.77. The molecule has 0 radical (unpaired) electrons. The summed E-state index contributed by atoms with van der Waals surface area (Å²) < 4.78 is 1.62. The van der Waals surface area contributed by atoms with Crippen LogP contribution in [-0.2, 0) is 20.0 Å². The largest absolute Gasteiger partial charge is 0.341 e. The van der Waals surface area contributed by atoms with E-state index in [1.165, 1.54) is 0 Å². The Labute approximate surface area is 134 Å². The zero-order valence-electron chi connectivity index (χ0n) is 13.7. The molecule has 0 aliphatic carbocycles. The summed E-state index contributed by atoms with van der Waals surface area (Å²) in [5, 5.41) is 4.44. The van der Waals surface area contributed by atoms with Crippen LogP contribution in [0.3, 0.4) is 0 Å². The normalized spacial score (nSPS) is 11.1. The first-order valence-corrected chi connectivity index (χ1v) is 7.81. The minimum absolute atomic E-state index is 0.151. The van der Waals surface area contributed by atoms with Crippen LogP contribution in [0.2, 0.25) is 0 Å². The Bertz CT molecular complexity index is 866. The summed E-state index contributed by atoms with van der Waals surface area (Å²) in [4.78, 5) is 21.9. The number of aryl methyl sites for hydroxylation is 2. The van der Waals surface area contributed by atoms with Gasteiger partial charge in [0.05, 0.1) is 5.69 Å². The first-order chi connectivity index (χ1) is 11.1. The van der Waals surface area contributed by atoms with Gasteiger partial charge < -0.3 is 4.90 Å². The second kappa shape index (κ2) is 6.24. The Morgan fingerprint density at radius 3 is 2.70 bits per heavy atom. The molecule has 3 aromatic rings. The molecule has 1 aromatic carbocycles. The zero-order chi connectivity index (χ0) is 16.4. The molecule has 0 spiro atoms. The number of rotatable bonds is 5. The van der Waals surface area contributed by atoms with Crippen molar-refractivity contribution in [3.63, 3.8) is 0 Å². The highest BCUT2D eigenvalue weighted by Crippen LogP contribution is 2.17. The van der Waals surface area contributed by atoms with Crippen LogP contribution in [-0.4, -0.2) is 26.8 Å². The third-order valence-corrected chi connectivity index (χ3v) is 3.86. The maximum absolute atomic E-state index is 12.4. The first-order valence-electron chi connectivity index (χ1n) is 7.81. The van der Waals surface area contributed by atoms with Gasteiger partial charge in [-0.15, -0.1) is 0 Å². The average molecular weight is 311 g/mol. The van der Waals surface area contributed by atoms with Crippen molar-refractivity contribution in [2.24, 2.45) is 7.05 Å². The Morgan fingerprint density at radius 2 is 2.00 bits per heavy atom. The molecule has 2 aromatic heterocycles. The van der Waals surface area contributed by atoms with Crippen molar-refractivity contribution in [1.82, 2.24) is 19.7 Å². The molecule has 0 saturated heterocycles. The third kappa shape index (κ3) is 2.97. The van der Waals surface area contributed by atoms with Gasteiger partial charge in [0.1, 0.15) is 5.52 Å². The van der Waals surface area contributed by atoms with Crippen LogP contribution in [0.25, 0.3) is 11.0 Å². The van der Waals surface area contributed by atoms with Gasteiger partial charge in [-0.25, -0.2) is 4.98 Å². The van der Waals surface area contributed by atoms with E-state index >= 15 is 0 Å². The zero-order valence-corrected chi connectivity index (χ0v) is 13.7. The van der Waals surface area contributed by atoms with Crippen LogP contribution in [0.4, 0.5) is 5.95 Å². The Balaban J connectivity index is 2.01. The maximum Gasteiger partial charge on any atom is 0.278 e. The molecule has 0 saturated carbocycles. The molecule has 1 N–H and O–H groups in total. The molecule has 0 aliphatic rings. The smallest absolute Gasteiger partial charge is 0.278 e. The molecule has 2 heterocycles. The van der Waals surface area contributed by atoms with Crippen LogP contribution in [0.15, 0.2) is 35.1 Å². The maximum atomic E-state index is 12.4. The highest BCUT2D eigenvalue weighted by molar-refractivity contribution is 5.77. The molecule has 0 amide bonds. The number of anilines is 1. The monoisotopic (exact) mass is 311 g/mol. The van der Waals surface area contributed by atoms with Crippen molar-refractivity contribution >= 4 is 17.0 Å². The molecule has 120 valence electrons. The van der Waals surface area contributed by atoms with Crippen molar-refractivity contribution in [3.05, 3.63) is 51.9 Å². The van der Waals surface area contributed by atoms with Gasteiger partial charge in [0, 0.05) is 20.6 Å². The molecule has 6 heteroatoms. The predicted molar refractivity (Wildman–Crippen MR) is 91.7 cm³/mol. The van der Waals surface area contributed by atoms with Crippen molar-refractivity contribution in [1.29, 1.82) is 0 Å². The van der Waals surface area contributed by atoms with Crippen LogP contribution < -0.4 is 10.5 Å². The van der Waals surface area contributed by atoms with Gasteiger partial charge in [-0.05, 0) is 12.0 Å². The minimum Gasteiger partial charge on any atom is -0.341 e. The van der Waals surface area contributed by atoms with E-state index in [0.29, 0.717) is 23.5 Å². The number of aromatic nitrogens is 4. The number of aromatic amines is 1. The van der Waals surface area contributed by atoms with Crippen molar-refractivity contribution < 1.29 is 0 Å². The lowest BCUT2D eigenvalue weighted by molar-refractivity contribution is 0.750. The van der Waals surface area contributed by atoms with Crippen LogP contribution in [0, 0.1) is 0 Å². The summed E-state index contributed by atoms with van der Waals surface area (Å²) in [7, 11) is 3.71. The van der Waals surface area contributed by atoms with Gasteiger partial charge in [-0.2, -0.15) is 5.10 Å². The highest BCUT2D eigenvalue weighted by Gasteiger charge is 2.16. The van der Waals surface area contributed by atoms with Gasteiger partial charge in [0.15, 0.2) is 5.52 Å². The van der Waals surface area contributed by atoms with Gasteiger partial charge >= 0.3 is 0 Å². The van der Waals surface area contributed by atoms with E-state index in [1.54, 1.807) is 11.7 Å². The second-order valence-corrected chi connectivity index (χ2v) is 5.75. The molecule has 0 atom stereocenters. The Kier molecular flexibility index (Phi) is 4.14. The Morgan fingerprint density at radius 1 is 1.26 bits per heavy atom. The lowest BCUT2D eigenvalue weighted by Crippen LogP contribution is -2.23. The van der Waals surface area contributed by atoms with E-state index in [-0.39, 0.29) is 5.56 Å².